The zero-order valence-corrected chi connectivity index (χ0v) is 11.0. The monoisotopic (exact) mass is 291 g/mol. The lowest BCUT2D eigenvalue weighted by atomic mass is 10.2. The van der Waals surface area contributed by atoms with Crippen LogP contribution in [0.4, 0.5) is 0 Å². The number of hydrogen-bond acceptors (Lipinski definition) is 2. The molecule has 1 saturated carbocycles. The largest absolute Gasteiger partial charge is 0.326 e. The molecule has 0 atom stereocenters. The summed E-state index contributed by atoms with van der Waals surface area (Å²) in [5, 5.41) is 4.63. The van der Waals surface area contributed by atoms with Gasteiger partial charge >= 0.3 is 0 Å². The van der Waals surface area contributed by atoms with Crippen LogP contribution in [-0.4, -0.2) is 9.78 Å². The van der Waals surface area contributed by atoms with Crippen LogP contribution in [0.3, 0.4) is 0 Å². The SMILES string of the molecule is NCc1c(Br)cccc1-n1ccc(C2CC2)n1. The first kappa shape index (κ1) is 11.0. The summed E-state index contributed by atoms with van der Waals surface area (Å²) < 4.78 is 2.97. The number of aromatic nitrogens is 2. The van der Waals surface area contributed by atoms with Gasteiger partial charge in [0, 0.05) is 28.7 Å². The van der Waals surface area contributed by atoms with E-state index in [1.54, 1.807) is 0 Å². The van der Waals surface area contributed by atoms with E-state index in [-0.39, 0.29) is 0 Å². The molecule has 1 aliphatic carbocycles. The Morgan fingerprint density at radius 3 is 2.88 bits per heavy atom. The molecule has 1 fully saturated rings. The van der Waals surface area contributed by atoms with Crippen LogP contribution < -0.4 is 5.73 Å². The Kier molecular flexibility index (Phi) is 2.76. The van der Waals surface area contributed by atoms with Gasteiger partial charge in [-0.2, -0.15) is 5.10 Å². The van der Waals surface area contributed by atoms with Crippen LogP contribution in [-0.2, 0) is 6.54 Å². The first-order valence-corrected chi connectivity index (χ1v) is 6.62. The van der Waals surface area contributed by atoms with E-state index in [0.717, 1.165) is 15.7 Å². The fourth-order valence-corrected chi connectivity index (χ4v) is 2.55. The van der Waals surface area contributed by atoms with Gasteiger partial charge in [0.2, 0.25) is 0 Å². The Morgan fingerprint density at radius 2 is 2.18 bits per heavy atom. The highest BCUT2D eigenvalue weighted by Gasteiger charge is 2.26. The second-order valence-electron chi connectivity index (χ2n) is 4.40. The minimum atomic E-state index is 0.509. The molecule has 2 aromatic rings. The van der Waals surface area contributed by atoms with Gasteiger partial charge in [0.05, 0.1) is 11.4 Å². The summed E-state index contributed by atoms with van der Waals surface area (Å²) in [4.78, 5) is 0. The van der Waals surface area contributed by atoms with Crippen LogP contribution in [0.2, 0.25) is 0 Å². The quantitative estimate of drug-likeness (QED) is 0.945. The van der Waals surface area contributed by atoms with Crippen molar-refractivity contribution < 1.29 is 0 Å². The van der Waals surface area contributed by atoms with Crippen molar-refractivity contribution in [2.45, 2.75) is 25.3 Å². The van der Waals surface area contributed by atoms with Crippen molar-refractivity contribution in [1.29, 1.82) is 0 Å². The maximum absolute atomic E-state index is 5.80. The lowest BCUT2D eigenvalue weighted by Gasteiger charge is -2.09. The van der Waals surface area contributed by atoms with Crippen molar-refractivity contribution in [2.75, 3.05) is 0 Å². The third kappa shape index (κ3) is 2.03. The minimum absolute atomic E-state index is 0.509. The molecule has 0 unspecified atom stereocenters. The van der Waals surface area contributed by atoms with Gasteiger partial charge in [-0.3, -0.25) is 0 Å². The van der Waals surface area contributed by atoms with Crippen LogP contribution in [0.5, 0.6) is 0 Å². The van der Waals surface area contributed by atoms with Gasteiger partial charge in [-0.15, -0.1) is 0 Å². The number of hydrogen-bond donors (Lipinski definition) is 1. The molecule has 0 aliphatic heterocycles. The van der Waals surface area contributed by atoms with Gasteiger partial charge < -0.3 is 5.73 Å². The Morgan fingerprint density at radius 1 is 1.35 bits per heavy atom. The third-order valence-corrected chi connectivity index (χ3v) is 3.89. The normalized spacial score (nSPS) is 15.2. The van der Waals surface area contributed by atoms with E-state index in [0.29, 0.717) is 12.5 Å². The van der Waals surface area contributed by atoms with Crippen LogP contribution in [0.1, 0.15) is 30.0 Å². The second kappa shape index (κ2) is 4.27. The molecule has 0 saturated heterocycles. The number of nitrogens with zero attached hydrogens (tertiary/aromatic N) is 2. The predicted octanol–water partition coefficient (Wildman–Crippen LogP) is 2.97. The van der Waals surface area contributed by atoms with Gasteiger partial charge in [0.1, 0.15) is 0 Å². The van der Waals surface area contributed by atoms with E-state index in [2.05, 4.69) is 33.2 Å². The first-order chi connectivity index (χ1) is 8.29. The van der Waals surface area contributed by atoms with Gasteiger partial charge in [-0.25, -0.2) is 4.68 Å². The van der Waals surface area contributed by atoms with Crippen LogP contribution in [0.25, 0.3) is 5.69 Å². The summed E-state index contributed by atoms with van der Waals surface area (Å²) in [6.45, 7) is 0.509. The van der Waals surface area contributed by atoms with Crippen molar-refractivity contribution in [2.24, 2.45) is 5.73 Å². The molecule has 3 nitrogen and oxygen atoms in total. The molecule has 88 valence electrons. The third-order valence-electron chi connectivity index (χ3n) is 3.15. The molecule has 2 N–H and O–H groups in total. The molecule has 0 radical (unpaired) electrons. The smallest absolute Gasteiger partial charge is 0.0701 e. The molecule has 3 rings (SSSR count). The zero-order valence-electron chi connectivity index (χ0n) is 9.44. The van der Waals surface area contributed by atoms with Gasteiger partial charge in [0.25, 0.3) is 0 Å². The van der Waals surface area contributed by atoms with E-state index in [1.165, 1.54) is 18.5 Å². The topological polar surface area (TPSA) is 43.8 Å². The highest BCUT2D eigenvalue weighted by molar-refractivity contribution is 9.10. The van der Waals surface area contributed by atoms with Crippen LogP contribution in [0.15, 0.2) is 34.9 Å². The van der Waals surface area contributed by atoms with Crippen LogP contribution in [0, 0.1) is 0 Å². The average Bonchev–Trinajstić information content (AvgIpc) is 3.07. The Labute approximate surface area is 109 Å². The summed E-state index contributed by atoms with van der Waals surface area (Å²) in [7, 11) is 0. The molecule has 1 aliphatic rings. The van der Waals surface area contributed by atoms with Crippen molar-refractivity contribution in [3.63, 3.8) is 0 Å². The van der Waals surface area contributed by atoms with Crippen molar-refractivity contribution >= 4 is 15.9 Å². The summed E-state index contributed by atoms with van der Waals surface area (Å²) in [5.74, 6) is 0.685. The summed E-state index contributed by atoms with van der Waals surface area (Å²) >= 11 is 3.53. The van der Waals surface area contributed by atoms with E-state index in [1.807, 2.05) is 23.0 Å². The van der Waals surface area contributed by atoms with E-state index in [9.17, 15) is 0 Å². The molecular formula is C13H14BrN3. The molecule has 1 aromatic heterocycles. The zero-order chi connectivity index (χ0) is 11.8. The molecule has 0 amide bonds. The summed E-state index contributed by atoms with van der Waals surface area (Å²) in [6, 6.07) is 8.18. The maximum atomic E-state index is 5.80. The standard InChI is InChI=1S/C13H14BrN3/c14-11-2-1-3-13(10(11)8-15)17-7-6-12(16-17)9-4-5-9/h1-3,6-7,9H,4-5,8,15H2. The van der Waals surface area contributed by atoms with E-state index >= 15 is 0 Å². The molecule has 1 heterocycles. The maximum Gasteiger partial charge on any atom is 0.0701 e. The van der Waals surface area contributed by atoms with Gasteiger partial charge in [-0.05, 0) is 31.0 Å². The fraction of sp³-hybridized carbons (Fsp3) is 0.308. The average molecular weight is 292 g/mol. The molecule has 17 heavy (non-hydrogen) atoms. The molecule has 1 aromatic carbocycles. The first-order valence-electron chi connectivity index (χ1n) is 5.83. The predicted molar refractivity (Wildman–Crippen MR) is 71.1 cm³/mol. The molecule has 4 heteroatoms. The van der Waals surface area contributed by atoms with E-state index < -0.39 is 0 Å². The van der Waals surface area contributed by atoms with E-state index in [4.69, 9.17) is 5.73 Å². The molecule has 0 spiro atoms. The second-order valence-corrected chi connectivity index (χ2v) is 5.26. The fourth-order valence-electron chi connectivity index (χ4n) is 2.03. The minimum Gasteiger partial charge on any atom is -0.326 e. The lowest BCUT2D eigenvalue weighted by molar-refractivity contribution is 0.822. The highest BCUT2D eigenvalue weighted by atomic mass is 79.9. The molecular weight excluding hydrogens is 278 g/mol. The van der Waals surface area contributed by atoms with Crippen molar-refractivity contribution in [3.8, 4) is 5.69 Å². The Balaban J connectivity index is 2.04. The summed E-state index contributed by atoms with van der Waals surface area (Å²) in [5.41, 5.74) is 9.16. The highest BCUT2D eigenvalue weighted by Crippen LogP contribution is 2.39. The van der Waals surface area contributed by atoms with Crippen molar-refractivity contribution in [1.82, 2.24) is 9.78 Å². The number of halogens is 1. The summed E-state index contributed by atoms with van der Waals surface area (Å²) in [6.07, 6.45) is 4.58. The van der Waals surface area contributed by atoms with Crippen molar-refractivity contribution in [3.05, 3.63) is 46.2 Å². The number of benzene rings is 1. The van der Waals surface area contributed by atoms with Crippen LogP contribution >= 0.6 is 15.9 Å². The Hall–Kier alpha value is -1.13. The molecule has 0 bridgehead atoms. The Bertz CT molecular complexity index is 543. The lowest BCUT2D eigenvalue weighted by Crippen LogP contribution is -2.06. The van der Waals surface area contributed by atoms with Gasteiger partial charge in [0.15, 0.2) is 0 Å². The number of rotatable bonds is 3. The van der Waals surface area contributed by atoms with Gasteiger partial charge in [-0.1, -0.05) is 22.0 Å². The number of nitrogens with two attached hydrogens (primary N) is 1.